The van der Waals surface area contributed by atoms with Gasteiger partial charge >= 0.3 is 0 Å². The van der Waals surface area contributed by atoms with Gasteiger partial charge in [0, 0.05) is 6.07 Å². The Bertz CT molecular complexity index is 220. The molecule has 0 unspecified atom stereocenters. The molecular weight excluding hydrogens is 158 g/mol. The summed E-state index contributed by atoms with van der Waals surface area (Å²) in [7, 11) is 0. The maximum Gasteiger partial charge on any atom is 0.193 e. The second-order valence-electron chi connectivity index (χ2n) is 2.94. The Labute approximate surface area is 71.3 Å². The van der Waals surface area contributed by atoms with E-state index >= 15 is 0 Å². The van der Waals surface area contributed by atoms with Crippen LogP contribution in [0, 0.1) is 5.92 Å². The maximum atomic E-state index is 5.03. The largest absolute Gasteiger partial charge is 0.350 e. The zero-order chi connectivity index (χ0) is 8.27. The van der Waals surface area contributed by atoms with E-state index in [4.69, 9.17) is 4.52 Å². The first-order valence-electron chi connectivity index (χ1n) is 3.72. The van der Waals surface area contributed by atoms with E-state index in [-0.39, 0.29) is 0 Å². The van der Waals surface area contributed by atoms with Crippen LogP contribution >= 0.6 is 11.8 Å². The van der Waals surface area contributed by atoms with Crippen molar-refractivity contribution in [1.82, 2.24) is 5.16 Å². The van der Waals surface area contributed by atoms with Crippen LogP contribution < -0.4 is 0 Å². The van der Waals surface area contributed by atoms with Crippen LogP contribution in [0.3, 0.4) is 0 Å². The van der Waals surface area contributed by atoms with Gasteiger partial charge in [0.25, 0.3) is 0 Å². The lowest BCUT2D eigenvalue weighted by Gasteiger charge is -1.96. The SMILES string of the molecule is CSc1cc(CC(C)C)no1. The molecule has 1 aromatic rings. The van der Waals surface area contributed by atoms with E-state index in [1.807, 2.05) is 12.3 Å². The predicted octanol–water partition coefficient (Wildman–Crippen LogP) is 2.60. The normalized spacial score (nSPS) is 10.9. The highest BCUT2D eigenvalue weighted by molar-refractivity contribution is 7.98. The lowest BCUT2D eigenvalue weighted by molar-refractivity contribution is 0.343. The van der Waals surface area contributed by atoms with Crippen molar-refractivity contribution in [3.8, 4) is 0 Å². The second-order valence-corrected chi connectivity index (χ2v) is 3.75. The highest BCUT2D eigenvalue weighted by Crippen LogP contribution is 2.16. The summed E-state index contributed by atoms with van der Waals surface area (Å²) in [6.45, 7) is 4.35. The minimum absolute atomic E-state index is 0.648. The highest BCUT2D eigenvalue weighted by atomic mass is 32.2. The Morgan fingerprint density at radius 2 is 2.36 bits per heavy atom. The van der Waals surface area contributed by atoms with Crippen molar-refractivity contribution >= 4 is 11.8 Å². The van der Waals surface area contributed by atoms with Gasteiger partial charge in [0.1, 0.15) is 0 Å². The van der Waals surface area contributed by atoms with E-state index in [1.165, 1.54) is 0 Å². The highest BCUT2D eigenvalue weighted by Gasteiger charge is 2.03. The molecule has 2 nitrogen and oxygen atoms in total. The van der Waals surface area contributed by atoms with Crippen molar-refractivity contribution in [3.05, 3.63) is 11.8 Å². The molecule has 0 fully saturated rings. The number of rotatable bonds is 3. The Balaban J connectivity index is 2.58. The third kappa shape index (κ3) is 2.58. The number of hydrogen-bond acceptors (Lipinski definition) is 3. The smallest absolute Gasteiger partial charge is 0.193 e. The van der Waals surface area contributed by atoms with Crippen molar-refractivity contribution in [1.29, 1.82) is 0 Å². The molecule has 11 heavy (non-hydrogen) atoms. The van der Waals surface area contributed by atoms with Crippen LogP contribution in [-0.2, 0) is 6.42 Å². The third-order valence-electron chi connectivity index (χ3n) is 1.36. The first kappa shape index (κ1) is 8.65. The van der Waals surface area contributed by atoms with E-state index in [2.05, 4.69) is 19.0 Å². The van der Waals surface area contributed by atoms with Gasteiger partial charge in [-0.1, -0.05) is 30.8 Å². The van der Waals surface area contributed by atoms with Gasteiger partial charge < -0.3 is 4.52 Å². The van der Waals surface area contributed by atoms with Crippen LogP contribution in [-0.4, -0.2) is 11.4 Å². The number of nitrogens with zero attached hydrogens (tertiary/aromatic N) is 1. The van der Waals surface area contributed by atoms with Gasteiger partial charge in [-0.3, -0.25) is 0 Å². The standard InChI is InChI=1S/C8H13NOS/c1-6(2)4-7-5-8(11-3)10-9-7/h5-6H,4H2,1-3H3. The molecule has 62 valence electrons. The van der Waals surface area contributed by atoms with Crippen molar-refractivity contribution < 1.29 is 4.52 Å². The molecule has 0 radical (unpaired) electrons. The van der Waals surface area contributed by atoms with Crippen LogP contribution in [0.4, 0.5) is 0 Å². The zero-order valence-corrected chi connectivity index (χ0v) is 7.94. The summed E-state index contributed by atoms with van der Waals surface area (Å²) < 4.78 is 5.03. The monoisotopic (exact) mass is 171 g/mol. The molecule has 0 saturated carbocycles. The van der Waals surface area contributed by atoms with Gasteiger partial charge in [0.05, 0.1) is 5.69 Å². The van der Waals surface area contributed by atoms with Crippen molar-refractivity contribution in [3.63, 3.8) is 0 Å². The summed E-state index contributed by atoms with van der Waals surface area (Å²) in [5.74, 6) is 0.648. The van der Waals surface area contributed by atoms with E-state index in [0.717, 1.165) is 17.2 Å². The van der Waals surface area contributed by atoms with Crippen LogP contribution in [0.5, 0.6) is 0 Å². The van der Waals surface area contributed by atoms with E-state index in [9.17, 15) is 0 Å². The molecule has 0 aliphatic rings. The molecule has 1 aromatic heterocycles. The molecule has 0 bridgehead atoms. The minimum atomic E-state index is 0.648. The van der Waals surface area contributed by atoms with Crippen molar-refractivity contribution in [2.75, 3.05) is 6.26 Å². The minimum Gasteiger partial charge on any atom is -0.350 e. The maximum absolute atomic E-state index is 5.03. The average molecular weight is 171 g/mol. The predicted molar refractivity (Wildman–Crippen MR) is 46.8 cm³/mol. The van der Waals surface area contributed by atoms with Crippen LogP contribution in [0.1, 0.15) is 19.5 Å². The molecule has 0 amide bonds. The molecule has 1 heterocycles. The van der Waals surface area contributed by atoms with Crippen LogP contribution in [0.2, 0.25) is 0 Å². The first-order valence-corrected chi connectivity index (χ1v) is 4.94. The Morgan fingerprint density at radius 1 is 1.64 bits per heavy atom. The van der Waals surface area contributed by atoms with Gasteiger partial charge in [-0.25, -0.2) is 0 Å². The Morgan fingerprint density at radius 3 is 2.82 bits per heavy atom. The summed E-state index contributed by atoms with van der Waals surface area (Å²) in [5.41, 5.74) is 1.06. The van der Waals surface area contributed by atoms with Gasteiger partial charge in [-0.05, 0) is 18.6 Å². The van der Waals surface area contributed by atoms with Gasteiger partial charge in [0.2, 0.25) is 0 Å². The van der Waals surface area contributed by atoms with Gasteiger partial charge in [-0.15, -0.1) is 0 Å². The Hall–Kier alpha value is -0.440. The Kier molecular flexibility index (Phi) is 3.00. The second kappa shape index (κ2) is 3.81. The molecular formula is C8H13NOS. The molecule has 0 aliphatic heterocycles. The summed E-state index contributed by atoms with van der Waals surface area (Å²) in [5, 5.41) is 4.83. The molecule has 0 N–H and O–H groups in total. The van der Waals surface area contributed by atoms with Crippen molar-refractivity contribution in [2.24, 2.45) is 5.92 Å². The summed E-state index contributed by atoms with van der Waals surface area (Å²) in [6.07, 6.45) is 2.99. The zero-order valence-electron chi connectivity index (χ0n) is 7.13. The van der Waals surface area contributed by atoms with E-state index < -0.39 is 0 Å². The van der Waals surface area contributed by atoms with Gasteiger partial charge in [-0.2, -0.15) is 0 Å². The number of thioether (sulfide) groups is 1. The quantitative estimate of drug-likeness (QED) is 0.654. The fourth-order valence-electron chi connectivity index (χ4n) is 0.903. The molecule has 0 spiro atoms. The fraction of sp³-hybridized carbons (Fsp3) is 0.625. The summed E-state index contributed by atoms with van der Waals surface area (Å²) >= 11 is 1.59. The van der Waals surface area contributed by atoms with Crippen LogP contribution in [0.15, 0.2) is 15.7 Å². The van der Waals surface area contributed by atoms with E-state index in [0.29, 0.717) is 5.92 Å². The molecule has 3 heteroatoms. The molecule has 1 rings (SSSR count). The lowest BCUT2D eigenvalue weighted by atomic mass is 10.1. The molecule has 0 aliphatic carbocycles. The van der Waals surface area contributed by atoms with E-state index in [1.54, 1.807) is 11.8 Å². The van der Waals surface area contributed by atoms with Crippen LogP contribution in [0.25, 0.3) is 0 Å². The molecule has 0 atom stereocenters. The molecule has 0 saturated heterocycles. The fourth-order valence-corrected chi connectivity index (χ4v) is 1.27. The number of hydrogen-bond donors (Lipinski definition) is 0. The first-order chi connectivity index (χ1) is 5.22. The number of aromatic nitrogens is 1. The topological polar surface area (TPSA) is 26.0 Å². The summed E-state index contributed by atoms with van der Waals surface area (Å²) in [6, 6.07) is 2.00. The third-order valence-corrected chi connectivity index (χ3v) is 1.95. The summed E-state index contributed by atoms with van der Waals surface area (Å²) in [4.78, 5) is 0. The van der Waals surface area contributed by atoms with Crippen molar-refractivity contribution in [2.45, 2.75) is 25.4 Å². The molecule has 0 aromatic carbocycles. The van der Waals surface area contributed by atoms with Gasteiger partial charge in [0.15, 0.2) is 5.09 Å². The lowest BCUT2D eigenvalue weighted by Crippen LogP contribution is -1.92. The average Bonchev–Trinajstić information content (AvgIpc) is 2.34.